The molecule has 1 aliphatic rings. The molecule has 2 atom stereocenters. The van der Waals surface area contributed by atoms with Crippen LogP contribution < -0.4 is 10.5 Å². The summed E-state index contributed by atoms with van der Waals surface area (Å²) >= 11 is 0. The molecular formula is C16H25NO2. The molecule has 106 valence electrons. The quantitative estimate of drug-likeness (QED) is 0.876. The number of benzene rings is 1. The summed E-state index contributed by atoms with van der Waals surface area (Å²) in [5, 5.41) is 9.51. The fourth-order valence-electron chi connectivity index (χ4n) is 2.58. The van der Waals surface area contributed by atoms with Crippen molar-refractivity contribution < 1.29 is 9.84 Å². The van der Waals surface area contributed by atoms with Crippen LogP contribution in [0.2, 0.25) is 0 Å². The molecule has 0 saturated carbocycles. The average Bonchev–Trinajstić information content (AvgIpc) is 2.81. The van der Waals surface area contributed by atoms with Crippen molar-refractivity contribution in [1.29, 1.82) is 0 Å². The molecule has 3 heteroatoms. The summed E-state index contributed by atoms with van der Waals surface area (Å²) in [7, 11) is 0. The molecule has 0 amide bonds. The van der Waals surface area contributed by atoms with Crippen molar-refractivity contribution in [3.63, 3.8) is 0 Å². The highest BCUT2D eigenvalue weighted by Crippen LogP contribution is 2.28. The number of aliphatic hydroxyl groups is 1. The van der Waals surface area contributed by atoms with Gasteiger partial charge in [-0.3, -0.25) is 0 Å². The molecule has 0 fully saturated rings. The van der Waals surface area contributed by atoms with Crippen molar-refractivity contribution in [1.82, 2.24) is 0 Å². The molecule has 0 saturated heterocycles. The van der Waals surface area contributed by atoms with Crippen LogP contribution in [0.5, 0.6) is 5.75 Å². The normalized spacial score (nSPS) is 17.9. The van der Waals surface area contributed by atoms with Gasteiger partial charge in [0.15, 0.2) is 0 Å². The minimum absolute atomic E-state index is 0.0600. The van der Waals surface area contributed by atoms with Gasteiger partial charge in [0.1, 0.15) is 11.9 Å². The molecule has 3 N–H and O–H groups in total. The van der Waals surface area contributed by atoms with E-state index in [1.165, 1.54) is 24.0 Å². The van der Waals surface area contributed by atoms with E-state index in [0.29, 0.717) is 0 Å². The van der Waals surface area contributed by atoms with Crippen LogP contribution in [0.1, 0.15) is 38.3 Å². The van der Waals surface area contributed by atoms with Gasteiger partial charge in [0.25, 0.3) is 0 Å². The third-order valence-corrected chi connectivity index (χ3v) is 3.94. The number of rotatable bonds is 4. The SMILES string of the molecule is CC(C)(C)C(N)C(CO)Oc1ccc2c(c1)CCC2. The van der Waals surface area contributed by atoms with Crippen LogP contribution in [0.15, 0.2) is 18.2 Å². The second-order valence-electron chi connectivity index (χ2n) is 6.51. The largest absolute Gasteiger partial charge is 0.486 e. The van der Waals surface area contributed by atoms with Gasteiger partial charge in [-0.05, 0) is 47.9 Å². The molecule has 1 aromatic carbocycles. The summed E-state index contributed by atoms with van der Waals surface area (Å²) in [6.45, 7) is 6.13. The number of nitrogens with two attached hydrogens (primary N) is 1. The van der Waals surface area contributed by atoms with Crippen LogP contribution in [0.4, 0.5) is 0 Å². The fourth-order valence-corrected chi connectivity index (χ4v) is 2.58. The lowest BCUT2D eigenvalue weighted by molar-refractivity contribution is 0.0591. The first-order chi connectivity index (χ1) is 8.91. The predicted molar refractivity (Wildman–Crippen MR) is 77.4 cm³/mol. The van der Waals surface area contributed by atoms with Crippen molar-refractivity contribution in [2.45, 2.75) is 52.2 Å². The van der Waals surface area contributed by atoms with Crippen LogP contribution in [-0.2, 0) is 12.8 Å². The number of ether oxygens (including phenoxy) is 1. The topological polar surface area (TPSA) is 55.5 Å². The number of aliphatic hydroxyl groups excluding tert-OH is 1. The Morgan fingerprint density at radius 2 is 1.95 bits per heavy atom. The number of aryl methyl sites for hydroxylation is 2. The molecule has 0 spiro atoms. The van der Waals surface area contributed by atoms with Crippen LogP contribution in [0.3, 0.4) is 0 Å². The summed E-state index contributed by atoms with van der Waals surface area (Å²) in [5.74, 6) is 0.819. The molecule has 19 heavy (non-hydrogen) atoms. The van der Waals surface area contributed by atoms with E-state index in [1.807, 2.05) is 6.07 Å². The van der Waals surface area contributed by atoms with Gasteiger partial charge in [-0.2, -0.15) is 0 Å². The van der Waals surface area contributed by atoms with Crippen LogP contribution >= 0.6 is 0 Å². The maximum Gasteiger partial charge on any atom is 0.137 e. The van der Waals surface area contributed by atoms with Crippen molar-refractivity contribution in [2.24, 2.45) is 11.1 Å². The van der Waals surface area contributed by atoms with Crippen LogP contribution in [-0.4, -0.2) is 23.9 Å². The predicted octanol–water partition coefficient (Wildman–Crippen LogP) is 2.29. The van der Waals surface area contributed by atoms with Crippen LogP contribution in [0, 0.1) is 5.41 Å². The summed E-state index contributed by atoms with van der Waals surface area (Å²) in [4.78, 5) is 0. The lowest BCUT2D eigenvalue weighted by Crippen LogP contribution is -2.49. The number of hydrogen-bond acceptors (Lipinski definition) is 3. The van der Waals surface area contributed by atoms with E-state index in [2.05, 4.69) is 32.9 Å². The minimum atomic E-state index is -0.362. The Kier molecular flexibility index (Phi) is 4.16. The Morgan fingerprint density at radius 1 is 1.26 bits per heavy atom. The van der Waals surface area contributed by atoms with Crippen molar-refractivity contribution >= 4 is 0 Å². The zero-order valence-corrected chi connectivity index (χ0v) is 12.1. The molecule has 0 bridgehead atoms. The lowest BCUT2D eigenvalue weighted by atomic mass is 9.84. The molecule has 0 heterocycles. The summed E-state index contributed by atoms with van der Waals surface area (Å²) in [6.07, 6.45) is 3.16. The monoisotopic (exact) mass is 263 g/mol. The molecular weight excluding hydrogens is 238 g/mol. The number of fused-ring (bicyclic) bond motifs is 1. The first-order valence-corrected chi connectivity index (χ1v) is 7.06. The zero-order chi connectivity index (χ0) is 14.0. The van der Waals surface area contributed by atoms with Crippen molar-refractivity contribution in [2.75, 3.05) is 6.61 Å². The van der Waals surface area contributed by atoms with E-state index >= 15 is 0 Å². The molecule has 1 aromatic rings. The highest BCUT2D eigenvalue weighted by Gasteiger charge is 2.30. The second-order valence-corrected chi connectivity index (χ2v) is 6.51. The van der Waals surface area contributed by atoms with Gasteiger partial charge >= 0.3 is 0 Å². The van der Waals surface area contributed by atoms with E-state index in [4.69, 9.17) is 10.5 Å². The Labute approximate surface area is 115 Å². The van der Waals surface area contributed by atoms with E-state index in [0.717, 1.165) is 12.2 Å². The van der Waals surface area contributed by atoms with Crippen LogP contribution in [0.25, 0.3) is 0 Å². The lowest BCUT2D eigenvalue weighted by Gasteiger charge is -2.33. The maximum absolute atomic E-state index is 9.51. The zero-order valence-electron chi connectivity index (χ0n) is 12.1. The Morgan fingerprint density at radius 3 is 2.58 bits per heavy atom. The fraction of sp³-hybridized carbons (Fsp3) is 0.625. The summed E-state index contributed by atoms with van der Waals surface area (Å²) in [6, 6.07) is 6.02. The van der Waals surface area contributed by atoms with E-state index in [9.17, 15) is 5.11 Å². The van der Waals surface area contributed by atoms with E-state index in [1.54, 1.807) is 0 Å². The smallest absolute Gasteiger partial charge is 0.137 e. The molecule has 1 aliphatic carbocycles. The highest BCUT2D eigenvalue weighted by molar-refractivity contribution is 5.38. The van der Waals surface area contributed by atoms with E-state index < -0.39 is 0 Å². The minimum Gasteiger partial charge on any atom is -0.486 e. The third kappa shape index (κ3) is 3.28. The maximum atomic E-state index is 9.51. The Hall–Kier alpha value is -1.06. The molecule has 3 nitrogen and oxygen atoms in total. The highest BCUT2D eigenvalue weighted by atomic mass is 16.5. The molecule has 2 rings (SSSR count). The standard InChI is InChI=1S/C16H25NO2/c1-16(2,3)15(17)14(10-18)19-13-8-7-11-5-4-6-12(11)9-13/h7-9,14-15,18H,4-6,10,17H2,1-3H3. The molecule has 0 aromatic heterocycles. The molecule has 2 unspecified atom stereocenters. The van der Waals surface area contributed by atoms with Gasteiger partial charge in [0, 0.05) is 6.04 Å². The molecule has 0 aliphatic heterocycles. The van der Waals surface area contributed by atoms with Crippen molar-refractivity contribution in [3.8, 4) is 5.75 Å². The number of hydrogen-bond donors (Lipinski definition) is 2. The Bertz CT molecular complexity index is 437. The second kappa shape index (κ2) is 5.51. The van der Waals surface area contributed by atoms with Gasteiger partial charge in [0.05, 0.1) is 6.61 Å². The van der Waals surface area contributed by atoms with E-state index in [-0.39, 0.29) is 24.2 Å². The average molecular weight is 263 g/mol. The Balaban J connectivity index is 2.10. The first-order valence-electron chi connectivity index (χ1n) is 7.06. The van der Waals surface area contributed by atoms with Gasteiger partial charge in [-0.15, -0.1) is 0 Å². The molecule has 0 radical (unpaired) electrons. The van der Waals surface area contributed by atoms with Gasteiger partial charge in [0.2, 0.25) is 0 Å². The van der Waals surface area contributed by atoms with Gasteiger partial charge < -0.3 is 15.6 Å². The summed E-state index contributed by atoms with van der Waals surface area (Å²) in [5.41, 5.74) is 8.89. The first kappa shape index (κ1) is 14.4. The summed E-state index contributed by atoms with van der Waals surface area (Å²) < 4.78 is 5.90. The van der Waals surface area contributed by atoms with Gasteiger partial charge in [-0.1, -0.05) is 26.8 Å². The van der Waals surface area contributed by atoms with Gasteiger partial charge in [-0.25, -0.2) is 0 Å². The third-order valence-electron chi connectivity index (χ3n) is 3.94. The van der Waals surface area contributed by atoms with Crippen molar-refractivity contribution in [3.05, 3.63) is 29.3 Å².